The fourth-order valence-corrected chi connectivity index (χ4v) is 2.14. The minimum atomic E-state index is -2.53. The van der Waals surface area contributed by atoms with Gasteiger partial charge < -0.3 is 5.11 Å². The zero-order valence-electron chi connectivity index (χ0n) is 12.2. The number of alkyl halides is 2. The van der Waals surface area contributed by atoms with E-state index < -0.39 is 12.5 Å². The molecule has 0 aliphatic heterocycles. The van der Waals surface area contributed by atoms with Crippen molar-refractivity contribution in [2.75, 3.05) is 0 Å². The molecule has 1 aromatic carbocycles. The molecular formula is C16H20F2N2O. The molecule has 1 heterocycles. The SMILES string of the molecule is CCC(C)n1ccc(CC(O)c2cccc(C(F)F)c2)n1. The summed E-state index contributed by atoms with van der Waals surface area (Å²) in [5.74, 6) is 0. The number of benzene rings is 1. The Morgan fingerprint density at radius 3 is 2.62 bits per heavy atom. The molecule has 2 atom stereocenters. The number of aliphatic hydroxyl groups excluding tert-OH is 1. The second-order valence-electron chi connectivity index (χ2n) is 5.24. The third-order valence-corrected chi connectivity index (χ3v) is 3.66. The number of hydrogen-bond donors (Lipinski definition) is 1. The van der Waals surface area contributed by atoms with Crippen molar-refractivity contribution in [2.24, 2.45) is 0 Å². The maximum Gasteiger partial charge on any atom is 0.263 e. The molecule has 114 valence electrons. The van der Waals surface area contributed by atoms with Crippen LogP contribution in [0.15, 0.2) is 36.5 Å². The van der Waals surface area contributed by atoms with E-state index in [2.05, 4.69) is 18.9 Å². The second-order valence-corrected chi connectivity index (χ2v) is 5.24. The average Bonchev–Trinajstić information content (AvgIpc) is 2.95. The molecule has 0 amide bonds. The lowest BCUT2D eigenvalue weighted by molar-refractivity contribution is 0.149. The van der Waals surface area contributed by atoms with Gasteiger partial charge in [-0.1, -0.05) is 25.1 Å². The van der Waals surface area contributed by atoms with Crippen molar-refractivity contribution >= 4 is 0 Å². The summed E-state index contributed by atoms with van der Waals surface area (Å²) in [6.07, 6.45) is -0.187. The maximum atomic E-state index is 12.7. The van der Waals surface area contributed by atoms with Gasteiger partial charge in [-0.25, -0.2) is 8.78 Å². The van der Waals surface area contributed by atoms with Crippen molar-refractivity contribution in [3.63, 3.8) is 0 Å². The minimum Gasteiger partial charge on any atom is -0.388 e. The van der Waals surface area contributed by atoms with Gasteiger partial charge in [0.2, 0.25) is 0 Å². The molecule has 1 aromatic heterocycles. The molecule has 0 spiro atoms. The molecule has 0 fully saturated rings. The number of aromatic nitrogens is 2. The predicted molar refractivity (Wildman–Crippen MR) is 77.3 cm³/mol. The van der Waals surface area contributed by atoms with Gasteiger partial charge in [0.15, 0.2) is 0 Å². The summed E-state index contributed by atoms with van der Waals surface area (Å²) in [5, 5.41) is 14.6. The van der Waals surface area contributed by atoms with Crippen molar-refractivity contribution < 1.29 is 13.9 Å². The lowest BCUT2D eigenvalue weighted by Gasteiger charge is -2.12. The lowest BCUT2D eigenvalue weighted by Crippen LogP contribution is -2.07. The van der Waals surface area contributed by atoms with Crippen LogP contribution in [-0.4, -0.2) is 14.9 Å². The molecule has 2 aromatic rings. The Morgan fingerprint density at radius 2 is 1.95 bits per heavy atom. The third kappa shape index (κ3) is 3.88. The lowest BCUT2D eigenvalue weighted by atomic mass is 10.0. The Hall–Kier alpha value is -1.75. The van der Waals surface area contributed by atoms with E-state index in [1.165, 1.54) is 18.2 Å². The molecule has 0 saturated carbocycles. The maximum absolute atomic E-state index is 12.7. The summed E-state index contributed by atoms with van der Waals surface area (Å²) in [6.45, 7) is 4.15. The van der Waals surface area contributed by atoms with E-state index in [1.807, 2.05) is 16.9 Å². The van der Waals surface area contributed by atoms with Crippen LogP contribution in [0.1, 0.15) is 55.7 Å². The number of aliphatic hydroxyl groups is 1. The standard InChI is InChI=1S/C16H20F2N2O/c1-3-11(2)20-8-7-14(19-20)10-15(21)12-5-4-6-13(9-12)16(17)18/h4-9,11,15-16,21H,3,10H2,1-2H3. The Balaban J connectivity index is 2.09. The van der Waals surface area contributed by atoms with E-state index in [1.54, 1.807) is 6.07 Å². The molecule has 2 rings (SSSR count). The minimum absolute atomic E-state index is 0.0725. The average molecular weight is 294 g/mol. The number of rotatable bonds is 6. The van der Waals surface area contributed by atoms with E-state index in [4.69, 9.17) is 0 Å². The van der Waals surface area contributed by atoms with Crippen LogP contribution in [0, 0.1) is 0 Å². The highest BCUT2D eigenvalue weighted by atomic mass is 19.3. The van der Waals surface area contributed by atoms with Crippen LogP contribution in [0.2, 0.25) is 0 Å². The first-order chi connectivity index (χ1) is 10.0. The summed E-state index contributed by atoms with van der Waals surface area (Å²) < 4.78 is 27.2. The van der Waals surface area contributed by atoms with Gasteiger partial charge in [0.1, 0.15) is 0 Å². The van der Waals surface area contributed by atoms with Crippen LogP contribution in [0.3, 0.4) is 0 Å². The smallest absolute Gasteiger partial charge is 0.263 e. The first kappa shape index (κ1) is 15.6. The zero-order valence-corrected chi connectivity index (χ0v) is 12.2. The van der Waals surface area contributed by atoms with E-state index in [0.29, 0.717) is 18.0 Å². The van der Waals surface area contributed by atoms with Crippen molar-refractivity contribution in [2.45, 2.75) is 45.3 Å². The van der Waals surface area contributed by atoms with Crippen LogP contribution >= 0.6 is 0 Å². The fourth-order valence-electron chi connectivity index (χ4n) is 2.14. The monoisotopic (exact) mass is 294 g/mol. The molecular weight excluding hydrogens is 274 g/mol. The molecule has 0 bridgehead atoms. The van der Waals surface area contributed by atoms with Gasteiger partial charge in [-0.05, 0) is 31.0 Å². The summed E-state index contributed by atoms with van der Waals surface area (Å²) in [6, 6.07) is 8.06. The Bertz CT molecular complexity index is 583. The van der Waals surface area contributed by atoms with Gasteiger partial charge in [-0.2, -0.15) is 5.10 Å². The van der Waals surface area contributed by atoms with E-state index in [0.717, 1.165) is 12.1 Å². The van der Waals surface area contributed by atoms with E-state index in [-0.39, 0.29) is 5.56 Å². The fraction of sp³-hybridized carbons (Fsp3) is 0.438. The molecule has 0 aliphatic carbocycles. The summed E-state index contributed by atoms with van der Waals surface area (Å²) in [7, 11) is 0. The molecule has 0 radical (unpaired) electrons. The number of hydrogen-bond acceptors (Lipinski definition) is 2. The topological polar surface area (TPSA) is 38.0 Å². The Labute approximate surface area is 123 Å². The highest BCUT2D eigenvalue weighted by molar-refractivity contribution is 5.26. The first-order valence-corrected chi connectivity index (χ1v) is 7.11. The molecule has 3 nitrogen and oxygen atoms in total. The van der Waals surface area contributed by atoms with Crippen molar-refractivity contribution in [1.29, 1.82) is 0 Å². The van der Waals surface area contributed by atoms with Crippen molar-refractivity contribution in [3.8, 4) is 0 Å². The van der Waals surface area contributed by atoms with Crippen LogP contribution in [0.4, 0.5) is 8.78 Å². The third-order valence-electron chi connectivity index (χ3n) is 3.66. The Morgan fingerprint density at radius 1 is 1.24 bits per heavy atom. The van der Waals surface area contributed by atoms with Gasteiger partial charge in [0, 0.05) is 24.2 Å². The predicted octanol–water partition coefficient (Wildman–Crippen LogP) is 4.07. The van der Waals surface area contributed by atoms with Crippen LogP contribution in [0.25, 0.3) is 0 Å². The summed E-state index contributed by atoms with van der Waals surface area (Å²) in [5.41, 5.74) is 1.17. The van der Waals surface area contributed by atoms with Gasteiger partial charge in [0.05, 0.1) is 11.8 Å². The summed E-state index contributed by atoms with van der Waals surface area (Å²) >= 11 is 0. The highest BCUT2D eigenvalue weighted by Crippen LogP contribution is 2.24. The molecule has 1 N–H and O–H groups in total. The van der Waals surface area contributed by atoms with Crippen LogP contribution in [0.5, 0.6) is 0 Å². The normalized spacial score (nSPS) is 14.4. The molecule has 0 saturated heterocycles. The van der Waals surface area contributed by atoms with Gasteiger partial charge >= 0.3 is 0 Å². The molecule has 5 heteroatoms. The molecule has 0 aliphatic rings. The number of nitrogens with zero attached hydrogens (tertiary/aromatic N) is 2. The summed E-state index contributed by atoms with van der Waals surface area (Å²) in [4.78, 5) is 0. The van der Waals surface area contributed by atoms with Gasteiger partial charge in [0.25, 0.3) is 6.43 Å². The number of halogens is 2. The van der Waals surface area contributed by atoms with Crippen LogP contribution < -0.4 is 0 Å². The molecule has 2 unspecified atom stereocenters. The van der Waals surface area contributed by atoms with Gasteiger partial charge in [-0.3, -0.25) is 4.68 Å². The largest absolute Gasteiger partial charge is 0.388 e. The van der Waals surface area contributed by atoms with Crippen molar-refractivity contribution in [3.05, 3.63) is 53.3 Å². The van der Waals surface area contributed by atoms with Crippen LogP contribution in [-0.2, 0) is 6.42 Å². The van der Waals surface area contributed by atoms with E-state index in [9.17, 15) is 13.9 Å². The zero-order chi connectivity index (χ0) is 15.4. The van der Waals surface area contributed by atoms with Crippen molar-refractivity contribution in [1.82, 2.24) is 9.78 Å². The Kier molecular flexibility index (Phi) is 5.07. The van der Waals surface area contributed by atoms with Gasteiger partial charge in [-0.15, -0.1) is 0 Å². The molecule has 21 heavy (non-hydrogen) atoms. The quantitative estimate of drug-likeness (QED) is 0.872. The first-order valence-electron chi connectivity index (χ1n) is 7.11. The highest BCUT2D eigenvalue weighted by Gasteiger charge is 2.14. The second kappa shape index (κ2) is 6.80. The van der Waals surface area contributed by atoms with E-state index >= 15 is 0 Å².